The minimum atomic E-state index is -0.331. The van der Waals surface area contributed by atoms with Gasteiger partial charge in [-0.25, -0.2) is 4.39 Å². The first-order chi connectivity index (χ1) is 10.2. The Labute approximate surface area is 124 Å². The van der Waals surface area contributed by atoms with E-state index in [1.165, 1.54) is 37.1 Å². The van der Waals surface area contributed by atoms with E-state index >= 15 is 0 Å². The molecule has 0 bridgehead atoms. The zero-order chi connectivity index (χ0) is 15.1. The first-order valence-electron chi connectivity index (χ1n) is 7.21. The molecule has 0 aliphatic heterocycles. The number of carbonyl (C=O) groups is 1. The van der Waals surface area contributed by atoms with Crippen molar-refractivity contribution < 1.29 is 9.18 Å². The van der Waals surface area contributed by atoms with Crippen LogP contribution in [0.1, 0.15) is 42.2 Å². The Balaban J connectivity index is 1.94. The summed E-state index contributed by atoms with van der Waals surface area (Å²) >= 11 is 0. The fourth-order valence-corrected chi connectivity index (χ4v) is 2.01. The van der Waals surface area contributed by atoms with Gasteiger partial charge in [0.1, 0.15) is 11.5 Å². The number of rotatable bonds is 6. The number of hydrogen-bond donors (Lipinski definition) is 1. The number of unbranched alkanes of at least 4 members (excludes halogenated alkanes) is 2. The molecular weight excluding hydrogens is 267 g/mol. The Hall–Kier alpha value is -2.23. The first kappa shape index (κ1) is 15.2. The molecule has 1 amide bonds. The molecule has 110 valence electrons. The van der Waals surface area contributed by atoms with Gasteiger partial charge in [-0.05, 0) is 48.7 Å². The van der Waals surface area contributed by atoms with E-state index in [0.717, 1.165) is 18.4 Å². The highest BCUT2D eigenvalue weighted by Gasteiger charge is 2.07. The molecule has 0 fully saturated rings. The minimum absolute atomic E-state index is 0.290. The maximum Gasteiger partial charge on any atom is 0.274 e. The molecule has 0 radical (unpaired) electrons. The number of halogens is 1. The molecule has 4 heteroatoms. The van der Waals surface area contributed by atoms with Crippen molar-refractivity contribution in [2.24, 2.45) is 0 Å². The molecule has 3 nitrogen and oxygen atoms in total. The number of carbonyl (C=O) groups excluding carboxylic acids is 1. The zero-order valence-electron chi connectivity index (χ0n) is 12.1. The van der Waals surface area contributed by atoms with E-state index in [4.69, 9.17) is 0 Å². The maximum absolute atomic E-state index is 12.8. The monoisotopic (exact) mass is 286 g/mol. The Morgan fingerprint density at radius 2 is 1.90 bits per heavy atom. The molecule has 0 aliphatic rings. The normalized spacial score (nSPS) is 10.4. The molecule has 0 unspecified atom stereocenters. The molecule has 21 heavy (non-hydrogen) atoms. The van der Waals surface area contributed by atoms with E-state index in [-0.39, 0.29) is 11.7 Å². The molecule has 2 aromatic rings. The van der Waals surface area contributed by atoms with Crippen molar-refractivity contribution in [3.05, 3.63) is 59.7 Å². The van der Waals surface area contributed by atoms with Crippen molar-refractivity contribution in [3.8, 4) is 0 Å². The van der Waals surface area contributed by atoms with Crippen molar-refractivity contribution in [1.29, 1.82) is 0 Å². The van der Waals surface area contributed by atoms with Crippen LogP contribution in [-0.2, 0) is 6.42 Å². The number of amides is 1. The van der Waals surface area contributed by atoms with Crippen LogP contribution >= 0.6 is 0 Å². The van der Waals surface area contributed by atoms with Crippen molar-refractivity contribution in [1.82, 2.24) is 4.98 Å². The van der Waals surface area contributed by atoms with E-state index in [9.17, 15) is 9.18 Å². The van der Waals surface area contributed by atoms with Crippen LogP contribution in [0.5, 0.6) is 0 Å². The van der Waals surface area contributed by atoms with Crippen molar-refractivity contribution in [2.45, 2.75) is 32.6 Å². The van der Waals surface area contributed by atoms with Crippen LogP contribution in [-0.4, -0.2) is 10.9 Å². The summed E-state index contributed by atoms with van der Waals surface area (Å²) < 4.78 is 12.8. The van der Waals surface area contributed by atoms with Crippen LogP contribution in [0.3, 0.4) is 0 Å². The molecule has 0 saturated heterocycles. The van der Waals surface area contributed by atoms with E-state index < -0.39 is 0 Å². The zero-order valence-corrected chi connectivity index (χ0v) is 12.1. The van der Waals surface area contributed by atoms with Gasteiger partial charge in [0.25, 0.3) is 5.91 Å². The largest absolute Gasteiger partial charge is 0.321 e. The smallest absolute Gasteiger partial charge is 0.274 e. The first-order valence-corrected chi connectivity index (χ1v) is 7.21. The van der Waals surface area contributed by atoms with Gasteiger partial charge in [0.15, 0.2) is 0 Å². The lowest BCUT2D eigenvalue weighted by Crippen LogP contribution is -2.13. The number of nitrogens with one attached hydrogen (secondary N) is 1. The Morgan fingerprint density at radius 1 is 1.14 bits per heavy atom. The average Bonchev–Trinajstić information content (AvgIpc) is 2.50. The topological polar surface area (TPSA) is 42.0 Å². The molecular formula is C17H19FN2O. The summed E-state index contributed by atoms with van der Waals surface area (Å²) in [6.45, 7) is 2.17. The highest BCUT2D eigenvalue weighted by molar-refractivity contribution is 6.02. The maximum atomic E-state index is 12.8. The summed E-state index contributed by atoms with van der Waals surface area (Å²) in [4.78, 5) is 16.2. The summed E-state index contributed by atoms with van der Waals surface area (Å²) in [5.74, 6) is -0.621. The van der Waals surface area contributed by atoms with E-state index in [1.807, 2.05) is 6.07 Å². The van der Waals surface area contributed by atoms with Crippen molar-refractivity contribution >= 4 is 11.6 Å². The molecule has 1 aromatic heterocycles. The third kappa shape index (κ3) is 4.67. The molecule has 0 saturated carbocycles. The van der Waals surface area contributed by atoms with Gasteiger partial charge in [-0.2, -0.15) is 0 Å². The second-order valence-electron chi connectivity index (χ2n) is 4.97. The molecule has 1 aromatic carbocycles. The number of benzene rings is 1. The molecule has 1 heterocycles. The van der Waals surface area contributed by atoms with Gasteiger partial charge in [0.2, 0.25) is 0 Å². The Kier molecular flexibility index (Phi) is 5.43. The number of nitrogens with zero attached hydrogens (tertiary/aromatic N) is 1. The predicted molar refractivity (Wildman–Crippen MR) is 81.8 cm³/mol. The number of anilines is 1. The number of hydrogen-bond acceptors (Lipinski definition) is 2. The second-order valence-corrected chi connectivity index (χ2v) is 4.97. The lowest BCUT2D eigenvalue weighted by Gasteiger charge is -2.05. The average molecular weight is 286 g/mol. The van der Waals surface area contributed by atoms with E-state index in [1.54, 1.807) is 12.3 Å². The SMILES string of the molecule is CCCCCc1ccc(C(=O)Nc2ccc(F)cc2)nc1. The third-order valence-electron chi connectivity index (χ3n) is 3.23. The summed E-state index contributed by atoms with van der Waals surface area (Å²) in [7, 11) is 0. The number of pyridine rings is 1. The standard InChI is InChI=1S/C17H19FN2O/c1-2-3-4-5-13-6-11-16(19-12-13)17(21)20-15-9-7-14(18)8-10-15/h6-12H,2-5H2,1H3,(H,20,21). The molecule has 0 spiro atoms. The van der Waals surface area contributed by atoms with Crippen LogP contribution in [0.25, 0.3) is 0 Å². The van der Waals surface area contributed by atoms with Gasteiger partial charge in [-0.1, -0.05) is 25.8 Å². The lowest BCUT2D eigenvalue weighted by molar-refractivity contribution is 0.102. The van der Waals surface area contributed by atoms with Crippen molar-refractivity contribution in [3.63, 3.8) is 0 Å². The summed E-state index contributed by atoms with van der Waals surface area (Å²) in [5.41, 5.74) is 2.05. The van der Waals surface area contributed by atoms with E-state index in [0.29, 0.717) is 11.4 Å². The Bertz CT molecular complexity index is 579. The van der Waals surface area contributed by atoms with Crippen LogP contribution < -0.4 is 5.32 Å². The summed E-state index contributed by atoms with van der Waals surface area (Å²) in [6.07, 6.45) is 6.26. The van der Waals surface area contributed by atoms with Gasteiger partial charge in [0.05, 0.1) is 0 Å². The van der Waals surface area contributed by atoms with Gasteiger partial charge in [0, 0.05) is 11.9 Å². The minimum Gasteiger partial charge on any atom is -0.321 e. The van der Waals surface area contributed by atoms with Crippen LogP contribution in [0.2, 0.25) is 0 Å². The number of aromatic nitrogens is 1. The predicted octanol–water partition coefficient (Wildman–Crippen LogP) is 4.21. The quantitative estimate of drug-likeness (QED) is 0.808. The second kappa shape index (κ2) is 7.53. The van der Waals surface area contributed by atoms with Gasteiger partial charge < -0.3 is 5.32 Å². The third-order valence-corrected chi connectivity index (χ3v) is 3.23. The highest BCUT2D eigenvalue weighted by Crippen LogP contribution is 2.11. The van der Waals surface area contributed by atoms with Gasteiger partial charge in [-0.15, -0.1) is 0 Å². The van der Waals surface area contributed by atoms with Gasteiger partial charge in [-0.3, -0.25) is 9.78 Å². The van der Waals surface area contributed by atoms with Crippen LogP contribution in [0.4, 0.5) is 10.1 Å². The number of aryl methyl sites for hydroxylation is 1. The van der Waals surface area contributed by atoms with Crippen molar-refractivity contribution in [2.75, 3.05) is 5.32 Å². The molecule has 0 aliphatic carbocycles. The molecule has 0 atom stereocenters. The fraction of sp³-hybridized carbons (Fsp3) is 0.294. The summed E-state index contributed by atoms with van der Waals surface area (Å²) in [6, 6.07) is 9.31. The highest BCUT2D eigenvalue weighted by atomic mass is 19.1. The summed E-state index contributed by atoms with van der Waals surface area (Å²) in [5, 5.41) is 2.69. The molecule has 2 rings (SSSR count). The lowest BCUT2D eigenvalue weighted by atomic mass is 10.1. The molecule has 1 N–H and O–H groups in total. The van der Waals surface area contributed by atoms with E-state index in [2.05, 4.69) is 17.2 Å². The fourth-order valence-electron chi connectivity index (χ4n) is 2.01. The Morgan fingerprint density at radius 3 is 2.52 bits per heavy atom. The van der Waals surface area contributed by atoms with Gasteiger partial charge >= 0.3 is 0 Å². The van der Waals surface area contributed by atoms with Crippen LogP contribution in [0, 0.1) is 5.82 Å². The van der Waals surface area contributed by atoms with Crippen LogP contribution in [0.15, 0.2) is 42.6 Å².